The third-order valence-corrected chi connectivity index (χ3v) is 3.13. The number of benzene rings is 1. The van der Waals surface area contributed by atoms with E-state index in [4.69, 9.17) is 5.73 Å². The van der Waals surface area contributed by atoms with E-state index in [0.717, 1.165) is 5.56 Å². The predicted molar refractivity (Wildman–Crippen MR) is 66.8 cm³/mol. The van der Waals surface area contributed by atoms with Crippen molar-refractivity contribution >= 4 is 0 Å². The quantitative estimate of drug-likeness (QED) is 0.753. The lowest BCUT2D eigenvalue weighted by molar-refractivity contribution is 0.194. The van der Waals surface area contributed by atoms with Gasteiger partial charge in [-0.15, -0.1) is 10.2 Å². The summed E-state index contributed by atoms with van der Waals surface area (Å²) in [6.07, 6.45) is 0.470. The molecule has 1 unspecified atom stereocenters. The van der Waals surface area contributed by atoms with Crippen LogP contribution in [0.3, 0.4) is 0 Å². The number of aromatic nitrogens is 4. The van der Waals surface area contributed by atoms with Gasteiger partial charge in [0.2, 0.25) is 0 Å². The van der Waals surface area contributed by atoms with E-state index in [1.807, 2.05) is 30.3 Å². The Balaban J connectivity index is 2.32. The molecule has 1 aromatic carbocycles. The second-order valence-electron chi connectivity index (χ2n) is 4.38. The van der Waals surface area contributed by atoms with Crippen molar-refractivity contribution < 1.29 is 5.11 Å². The maximum Gasteiger partial charge on any atom is 0.175 e. The summed E-state index contributed by atoms with van der Waals surface area (Å²) in [5.41, 5.74) is 6.30. The molecular weight excluding hydrogens is 230 g/mol. The van der Waals surface area contributed by atoms with Crippen LogP contribution in [-0.2, 0) is 18.9 Å². The number of rotatable bonds is 5. The second-order valence-corrected chi connectivity index (χ2v) is 4.38. The highest BCUT2D eigenvalue weighted by molar-refractivity contribution is 5.27. The van der Waals surface area contributed by atoms with Crippen molar-refractivity contribution in [1.82, 2.24) is 20.2 Å². The zero-order chi connectivity index (χ0) is 13.0. The fourth-order valence-corrected chi connectivity index (χ4v) is 1.99. The number of nitrogens with two attached hydrogens (primary N) is 1. The third-order valence-electron chi connectivity index (χ3n) is 3.13. The molecule has 0 radical (unpaired) electrons. The van der Waals surface area contributed by atoms with Crippen LogP contribution in [0.2, 0.25) is 0 Å². The van der Waals surface area contributed by atoms with E-state index in [-0.39, 0.29) is 6.61 Å². The Morgan fingerprint density at radius 2 is 2.06 bits per heavy atom. The van der Waals surface area contributed by atoms with E-state index in [9.17, 15) is 5.11 Å². The molecule has 0 spiro atoms. The molecule has 0 aliphatic carbocycles. The standard InChI is InChI=1S/C12H17N5O/c1-17-15-11(14-16-17)7-12(8-13,9-18)10-5-3-2-4-6-10/h2-6,18H,7-9,13H2,1H3. The fraction of sp³-hybridized carbons (Fsp3) is 0.417. The summed E-state index contributed by atoms with van der Waals surface area (Å²) >= 11 is 0. The molecule has 1 atom stereocenters. The molecule has 6 nitrogen and oxygen atoms in total. The average molecular weight is 247 g/mol. The molecule has 2 aromatic rings. The number of aliphatic hydroxyl groups is 1. The van der Waals surface area contributed by atoms with E-state index in [2.05, 4.69) is 15.4 Å². The molecule has 6 heteroatoms. The summed E-state index contributed by atoms with van der Waals surface area (Å²) < 4.78 is 0. The fourth-order valence-electron chi connectivity index (χ4n) is 1.99. The van der Waals surface area contributed by atoms with E-state index in [1.54, 1.807) is 7.05 Å². The Bertz CT molecular complexity index is 492. The van der Waals surface area contributed by atoms with Gasteiger partial charge in [-0.05, 0) is 10.8 Å². The number of aliphatic hydroxyl groups excluding tert-OH is 1. The van der Waals surface area contributed by atoms with Crippen LogP contribution in [0.5, 0.6) is 0 Å². The molecule has 2 rings (SSSR count). The molecule has 0 saturated carbocycles. The van der Waals surface area contributed by atoms with Gasteiger partial charge in [0.05, 0.1) is 13.7 Å². The Morgan fingerprint density at radius 1 is 1.33 bits per heavy atom. The van der Waals surface area contributed by atoms with Crippen LogP contribution in [0.25, 0.3) is 0 Å². The van der Waals surface area contributed by atoms with E-state index >= 15 is 0 Å². The third kappa shape index (κ3) is 2.39. The first kappa shape index (κ1) is 12.7. The molecule has 18 heavy (non-hydrogen) atoms. The van der Waals surface area contributed by atoms with Crippen LogP contribution in [0.4, 0.5) is 0 Å². The van der Waals surface area contributed by atoms with Gasteiger partial charge in [-0.1, -0.05) is 30.3 Å². The van der Waals surface area contributed by atoms with Crippen molar-refractivity contribution in [3.8, 4) is 0 Å². The SMILES string of the molecule is Cn1nnc(CC(CN)(CO)c2ccccc2)n1. The maximum atomic E-state index is 9.74. The molecule has 0 fully saturated rings. The lowest BCUT2D eigenvalue weighted by Crippen LogP contribution is -2.41. The Morgan fingerprint density at radius 3 is 2.56 bits per heavy atom. The van der Waals surface area contributed by atoms with Crippen molar-refractivity contribution in [2.45, 2.75) is 11.8 Å². The number of nitrogens with zero attached hydrogens (tertiary/aromatic N) is 4. The minimum absolute atomic E-state index is 0.0498. The van der Waals surface area contributed by atoms with E-state index in [1.165, 1.54) is 4.80 Å². The predicted octanol–water partition coefficient (Wildman–Crippen LogP) is -0.358. The van der Waals surface area contributed by atoms with Crippen LogP contribution < -0.4 is 5.73 Å². The topological polar surface area (TPSA) is 89.9 Å². The molecule has 1 aromatic heterocycles. The Kier molecular flexibility index (Phi) is 3.69. The highest BCUT2D eigenvalue weighted by Crippen LogP contribution is 2.25. The largest absolute Gasteiger partial charge is 0.395 e. The van der Waals surface area contributed by atoms with Crippen molar-refractivity contribution in [2.24, 2.45) is 12.8 Å². The molecule has 0 amide bonds. The van der Waals surface area contributed by atoms with Crippen LogP contribution in [-0.4, -0.2) is 38.5 Å². The number of tetrazole rings is 1. The molecule has 96 valence electrons. The zero-order valence-corrected chi connectivity index (χ0v) is 10.3. The van der Waals surface area contributed by atoms with Crippen molar-refractivity contribution in [3.05, 3.63) is 41.7 Å². The van der Waals surface area contributed by atoms with Crippen LogP contribution >= 0.6 is 0 Å². The van der Waals surface area contributed by atoms with Gasteiger partial charge in [0, 0.05) is 18.4 Å². The number of hydrogen-bond donors (Lipinski definition) is 2. The van der Waals surface area contributed by atoms with Crippen molar-refractivity contribution in [3.63, 3.8) is 0 Å². The number of aryl methyl sites for hydroxylation is 1. The zero-order valence-electron chi connectivity index (χ0n) is 10.3. The summed E-state index contributed by atoms with van der Waals surface area (Å²) in [5.74, 6) is 0.584. The smallest absolute Gasteiger partial charge is 0.175 e. The van der Waals surface area contributed by atoms with Crippen LogP contribution in [0.1, 0.15) is 11.4 Å². The second kappa shape index (κ2) is 5.24. The Hall–Kier alpha value is -1.79. The lowest BCUT2D eigenvalue weighted by atomic mass is 9.78. The lowest BCUT2D eigenvalue weighted by Gasteiger charge is -2.29. The van der Waals surface area contributed by atoms with Gasteiger partial charge < -0.3 is 10.8 Å². The van der Waals surface area contributed by atoms with Gasteiger partial charge in [0.1, 0.15) is 0 Å². The summed E-state index contributed by atoms with van der Waals surface area (Å²) in [6, 6.07) is 9.71. The highest BCUT2D eigenvalue weighted by atomic mass is 16.3. The summed E-state index contributed by atoms with van der Waals surface area (Å²) in [7, 11) is 1.71. The van der Waals surface area contributed by atoms with Crippen molar-refractivity contribution in [2.75, 3.05) is 13.2 Å². The molecular formula is C12H17N5O. The van der Waals surface area contributed by atoms with Crippen molar-refractivity contribution in [1.29, 1.82) is 0 Å². The van der Waals surface area contributed by atoms with E-state index < -0.39 is 5.41 Å². The maximum absolute atomic E-state index is 9.74. The molecule has 0 bridgehead atoms. The molecule has 3 N–H and O–H groups in total. The van der Waals surface area contributed by atoms with Gasteiger partial charge in [-0.3, -0.25) is 0 Å². The normalized spacial score (nSPS) is 14.4. The molecule has 0 aliphatic rings. The van der Waals surface area contributed by atoms with Gasteiger partial charge in [0.15, 0.2) is 5.82 Å². The molecule has 0 saturated heterocycles. The van der Waals surface area contributed by atoms with Crippen LogP contribution in [0.15, 0.2) is 30.3 Å². The first-order chi connectivity index (χ1) is 8.70. The minimum atomic E-state index is -0.551. The molecule has 0 aliphatic heterocycles. The minimum Gasteiger partial charge on any atom is -0.395 e. The van der Waals surface area contributed by atoms with Gasteiger partial charge in [-0.2, -0.15) is 4.80 Å². The monoisotopic (exact) mass is 247 g/mol. The number of hydrogen-bond acceptors (Lipinski definition) is 5. The highest BCUT2D eigenvalue weighted by Gasteiger charge is 2.32. The molecule has 1 heterocycles. The van der Waals surface area contributed by atoms with Gasteiger partial charge in [0.25, 0.3) is 0 Å². The summed E-state index contributed by atoms with van der Waals surface area (Å²) in [5, 5.41) is 21.6. The average Bonchev–Trinajstić information content (AvgIpc) is 2.82. The van der Waals surface area contributed by atoms with E-state index in [0.29, 0.717) is 18.8 Å². The van der Waals surface area contributed by atoms with Crippen LogP contribution in [0, 0.1) is 0 Å². The first-order valence-corrected chi connectivity index (χ1v) is 5.79. The summed E-state index contributed by atoms with van der Waals surface area (Å²) in [4.78, 5) is 1.40. The summed E-state index contributed by atoms with van der Waals surface area (Å²) in [6.45, 7) is 0.275. The van der Waals surface area contributed by atoms with Gasteiger partial charge in [-0.25, -0.2) is 0 Å². The first-order valence-electron chi connectivity index (χ1n) is 5.79. The van der Waals surface area contributed by atoms with Gasteiger partial charge >= 0.3 is 0 Å². The Labute approximate surface area is 105 Å².